The molecule has 0 aliphatic carbocycles. The van der Waals surface area contributed by atoms with Gasteiger partial charge in [-0.15, -0.1) is 0 Å². The maximum Gasteiger partial charge on any atom is -0.0152 e. The fourth-order valence-corrected chi connectivity index (χ4v) is 1.71. The molecule has 0 unspecified atom stereocenters. The zero-order chi connectivity index (χ0) is 11.3. The highest BCUT2D eigenvalue weighted by Gasteiger charge is 2.03. The normalized spacial score (nSPS) is 12.1. The highest BCUT2D eigenvalue weighted by Crippen LogP contribution is 2.23. The van der Waals surface area contributed by atoms with Crippen LogP contribution in [0.5, 0.6) is 0 Å². The summed E-state index contributed by atoms with van der Waals surface area (Å²) in [5.41, 5.74) is 5.04. The van der Waals surface area contributed by atoms with Crippen LogP contribution in [0.4, 0.5) is 0 Å². The van der Waals surface area contributed by atoms with Gasteiger partial charge >= 0.3 is 0 Å². The van der Waals surface area contributed by atoms with E-state index in [9.17, 15) is 0 Å². The van der Waals surface area contributed by atoms with Crippen molar-refractivity contribution in [2.45, 2.75) is 20.8 Å². The first kappa shape index (κ1) is 11.5. The summed E-state index contributed by atoms with van der Waals surface area (Å²) in [6, 6.07) is 6.32. The first-order valence-electron chi connectivity index (χ1n) is 5.26. The fourth-order valence-electron chi connectivity index (χ4n) is 1.71. The number of rotatable bonds is 3. The summed E-state index contributed by atoms with van der Waals surface area (Å²) in [5, 5.41) is 0. The first-order chi connectivity index (χ1) is 7.24. The molecule has 0 heterocycles. The molecule has 0 saturated carbocycles. The lowest BCUT2D eigenvalue weighted by Gasteiger charge is -2.09. The van der Waals surface area contributed by atoms with Crippen LogP contribution in [0.2, 0.25) is 0 Å². The molecule has 0 aliphatic rings. The second-order valence-electron chi connectivity index (χ2n) is 3.47. The largest absolute Gasteiger partial charge is 0.0985 e. The van der Waals surface area contributed by atoms with E-state index in [1.807, 2.05) is 13.0 Å². The Morgan fingerprint density at radius 1 is 1.27 bits per heavy atom. The monoisotopic (exact) mass is 198 g/mol. The fraction of sp³-hybridized carbons (Fsp3) is 0.200. The number of hydrogen-bond acceptors (Lipinski definition) is 0. The molecule has 0 heteroatoms. The van der Waals surface area contributed by atoms with E-state index in [0.717, 1.165) is 0 Å². The predicted octanol–water partition coefficient (Wildman–Crippen LogP) is 4.62. The number of benzene rings is 1. The van der Waals surface area contributed by atoms with Crippen LogP contribution >= 0.6 is 0 Å². The molecule has 15 heavy (non-hydrogen) atoms. The molecular weight excluding hydrogens is 180 g/mol. The van der Waals surface area contributed by atoms with Crippen LogP contribution in [0.3, 0.4) is 0 Å². The maximum atomic E-state index is 3.83. The van der Waals surface area contributed by atoms with Crippen LogP contribution in [0.1, 0.15) is 30.5 Å². The van der Waals surface area contributed by atoms with E-state index >= 15 is 0 Å². The van der Waals surface area contributed by atoms with Gasteiger partial charge in [0.15, 0.2) is 0 Å². The highest BCUT2D eigenvalue weighted by atomic mass is 14.1. The van der Waals surface area contributed by atoms with Crippen molar-refractivity contribution >= 4 is 11.6 Å². The van der Waals surface area contributed by atoms with Gasteiger partial charge in [-0.2, -0.15) is 0 Å². The lowest BCUT2D eigenvalue weighted by Crippen LogP contribution is -1.89. The van der Waals surface area contributed by atoms with E-state index in [1.54, 1.807) is 0 Å². The summed E-state index contributed by atoms with van der Waals surface area (Å²) in [6.07, 6.45) is 8.24. The van der Waals surface area contributed by atoms with Crippen molar-refractivity contribution in [1.29, 1.82) is 0 Å². The molecule has 0 radical (unpaired) electrons. The van der Waals surface area contributed by atoms with Gasteiger partial charge in [-0.1, -0.05) is 49.1 Å². The minimum atomic E-state index is 1.20. The minimum absolute atomic E-state index is 1.20. The van der Waals surface area contributed by atoms with Crippen LogP contribution in [0, 0.1) is 6.92 Å². The van der Waals surface area contributed by atoms with Gasteiger partial charge in [-0.05, 0) is 43.0 Å². The van der Waals surface area contributed by atoms with Gasteiger partial charge < -0.3 is 0 Å². The standard InChI is InChI=1S/C15H18/c1-5-9-14(7-3)15-11-8-10-13(6-2)12(15)4/h5-11H,2H2,1,3-4H3/b9-5-,14-7+. The third-order valence-electron chi connectivity index (χ3n) is 2.56. The smallest absolute Gasteiger partial charge is 0.0152 e. The Morgan fingerprint density at radius 2 is 2.00 bits per heavy atom. The molecule has 0 N–H and O–H groups in total. The van der Waals surface area contributed by atoms with E-state index in [4.69, 9.17) is 0 Å². The summed E-state index contributed by atoms with van der Waals surface area (Å²) in [5.74, 6) is 0. The summed E-state index contributed by atoms with van der Waals surface area (Å²) in [6.45, 7) is 10.1. The molecule has 0 amide bonds. The first-order valence-corrected chi connectivity index (χ1v) is 5.26. The molecule has 0 atom stereocenters. The van der Waals surface area contributed by atoms with Gasteiger partial charge in [0.2, 0.25) is 0 Å². The Hall–Kier alpha value is -1.56. The van der Waals surface area contributed by atoms with Crippen LogP contribution in [0.25, 0.3) is 11.6 Å². The molecular formula is C15H18. The van der Waals surface area contributed by atoms with Crippen molar-refractivity contribution in [1.82, 2.24) is 0 Å². The van der Waals surface area contributed by atoms with Gasteiger partial charge in [0.1, 0.15) is 0 Å². The van der Waals surface area contributed by atoms with Crippen molar-refractivity contribution in [2.24, 2.45) is 0 Å². The highest BCUT2D eigenvalue weighted by molar-refractivity contribution is 5.77. The zero-order valence-electron chi connectivity index (χ0n) is 9.75. The molecule has 0 fully saturated rings. The van der Waals surface area contributed by atoms with E-state index in [2.05, 4.69) is 56.9 Å². The summed E-state index contributed by atoms with van der Waals surface area (Å²) >= 11 is 0. The van der Waals surface area contributed by atoms with Crippen LogP contribution in [0.15, 0.2) is 43.0 Å². The second-order valence-corrected chi connectivity index (χ2v) is 3.47. The molecule has 1 aromatic rings. The van der Waals surface area contributed by atoms with E-state index in [0.29, 0.717) is 0 Å². The average Bonchev–Trinajstić information content (AvgIpc) is 2.27. The van der Waals surface area contributed by atoms with Crippen molar-refractivity contribution in [3.63, 3.8) is 0 Å². The van der Waals surface area contributed by atoms with Gasteiger partial charge in [0.25, 0.3) is 0 Å². The average molecular weight is 198 g/mol. The minimum Gasteiger partial charge on any atom is -0.0985 e. The van der Waals surface area contributed by atoms with Crippen molar-refractivity contribution < 1.29 is 0 Å². The predicted molar refractivity (Wildman–Crippen MR) is 69.7 cm³/mol. The Balaban J connectivity index is 3.31. The van der Waals surface area contributed by atoms with Crippen molar-refractivity contribution in [3.8, 4) is 0 Å². The zero-order valence-corrected chi connectivity index (χ0v) is 9.75. The summed E-state index contributed by atoms with van der Waals surface area (Å²) < 4.78 is 0. The molecule has 0 aliphatic heterocycles. The SMILES string of the molecule is C=Cc1cccc(C(/C=C\C)=C/C)c1C. The Morgan fingerprint density at radius 3 is 2.53 bits per heavy atom. The van der Waals surface area contributed by atoms with Crippen LogP contribution < -0.4 is 0 Å². The summed E-state index contributed by atoms with van der Waals surface area (Å²) in [7, 11) is 0. The molecule has 1 rings (SSSR count). The number of hydrogen-bond donors (Lipinski definition) is 0. The third-order valence-corrected chi connectivity index (χ3v) is 2.56. The van der Waals surface area contributed by atoms with Gasteiger partial charge in [0.05, 0.1) is 0 Å². The Bertz CT molecular complexity index is 406. The molecule has 0 nitrogen and oxygen atoms in total. The van der Waals surface area contributed by atoms with Gasteiger partial charge in [-0.3, -0.25) is 0 Å². The molecule has 1 aromatic carbocycles. The Kier molecular flexibility index (Phi) is 4.11. The lowest BCUT2D eigenvalue weighted by atomic mass is 9.96. The molecule has 78 valence electrons. The van der Waals surface area contributed by atoms with Gasteiger partial charge in [0, 0.05) is 0 Å². The Labute approximate surface area is 92.6 Å². The maximum absolute atomic E-state index is 3.83. The van der Waals surface area contributed by atoms with Crippen LogP contribution in [-0.2, 0) is 0 Å². The number of allylic oxidation sites excluding steroid dienone is 4. The van der Waals surface area contributed by atoms with Crippen LogP contribution in [-0.4, -0.2) is 0 Å². The molecule has 0 saturated heterocycles. The van der Waals surface area contributed by atoms with E-state index in [1.165, 1.54) is 22.3 Å². The van der Waals surface area contributed by atoms with Crippen molar-refractivity contribution in [3.05, 3.63) is 59.7 Å². The second kappa shape index (κ2) is 5.35. The topological polar surface area (TPSA) is 0 Å². The summed E-state index contributed by atoms with van der Waals surface area (Å²) in [4.78, 5) is 0. The quantitative estimate of drug-likeness (QED) is 0.622. The molecule has 0 spiro atoms. The van der Waals surface area contributed by atoms with Gasteiger partial charge in [-0.25, -0.2) is 0 Å². The van der Waals surface area contributed by atoms with E-state index < -0.39 is 0 Å². The molecule has 0 bridgehead atoms. The third kappa shape index (κ3) is 2.47. The molecule has 0 aromatic heterocycles. The van der Waals surface area contributed by atoms with E-state index in [-0.39, 0.29) is 0 Å². The van der Waals surface area contributed by atoms with Crippen molar-refractivity contribution in [2.75, 3.05) is 0 Å². The lowest BCUT2D eigenvalue weighted by molar-refractivity contribution is 1.40.